The van der Waals surface area contributed by atoms with Gasteiger partial charge in [-0.15, -0.1) is 0 Å². The molecule has 1 aliphatic heterocycles. The van der Waals surface area contributed by atoms with E-state index in [0.717, 1.165) is 23.4 Å². The molecule has 35 heavy (non-hydrogen) atoms. The SMILES string of the molecule is C=CC(=O)NC1CCOCC1Cc1ccc2c(n1)C=C(C(=O)c1c(Cl)c(OC)cc(OC)c1Cl)C2. The number of carbonyl (C=O) groups excluding carboxylic acids is 2. The lowest BCUT2D eigenvalue weighted by molar-refractivity contribution is -0.118. The molecule has 1 aromatic heterocycles. The topological polar surface area (TPSA) is 86.8 Å². The largest absolute Gasteiger partial charge is 0.495 e. The highest BCUT2D eigenvalue weighted by atomic mass is 35.5. The van der Waals surface area contributed by atoms with Gasteiger partial charge in [-0.3, -0.25) is 14.6 Å². The van der Waals surface area contributed by atoms with Crippen molar-refractivity contribution in [1.82, 2.24) is 10.3 Å². The number of ketones is 1. The molecule has 0 saturated carbocycles. The molecule has 2 atom stereocenters. The van der Waals surface area contributed by atoms with E-state index in [-0.39, 0.29) is 39.3 Å². The maximum atomic E-state index is 13.4. The molecule has 184 valence electrons. The van der Waals surface area contributed by atoms with E-state index in [4.69, 9.17) is 42.4 Å². The summed E-state index contributed by atoms with van der Waals surface area (Å²) >= 11 is 12.9. The Hall–Kier alpha value is -2.87. The zero-order valence-electron chi connectivity index (χ0n) is 19.5. The highest BCUT2D eigenvalue weighted by Gasteiger charge is 2.30. The van der Waals surface area contributed by atoms with E-state index in [1.807, 2.05) is 12.1 Å². The van der Waals surface area contributed by atoms with E-state index in [1.165, 1.54) is 20.3 Å². The van der Waals surface area contributed by atoms with E-state index in [0.29, 0.717) is 43.1 Å². The molecule has 0 radical (unpaired) electrons. The van der Waals surface area contributed by atoms with Crippen molar-refractivity contribution in [3.63, 3.8) is 0 Å². The Morgan fingerprint density at radius 1 is 1.23 bits per heavy atom. The average Bonchev–Trinajstić information content (AvgIpc) is 3.29. The molecular formula is C26H26Cl2N2O5. The lowest BCUT2D eigenvalue weighted by atomic mass is 9.90. The van der Waals surface area contributed by atoms with Gasteiger partial charge >= 0.3 is 0 Å². The maximum Gasteiger partial charge on any atom is 0.243 e. The Morgan fingerprint density at radius 3 is 2.60 bits per heavy atom. The van der Waals surface area contributed by atoms with Crippen molar-refractivity contribution in [3.8, 4) is 11.5 Å². The van der Waals surface area contributed by atoms with Crippen LogP contribution < -0.4 is 14.8 Å². The van der Waals surface area contributed by atoms with Gasteiger partial charge in [-0.1, -0.05) is 35.8 Å². The van der Waals surface area contributed by atoms with Crippen molar-refractivity contribution in [3.05, 3.63) is 69.0 Å². The van der Waals surface area contributed by atoms with Crippen molar-refractivity contribution < 1.29 is 23.8 Å². The molecule has 1 amide bonds. The second-order valence-corrected chi connectivity index (χ2v) is 9.21. The molecule has 7 nitrogen and oxygen atoms in total. The second kappa shape index (κ2) is 10.8. The molecule has 1 fully saturated rings. The van der Waals surface area contributed by atoms with E-state index < -0.39 is 0 Å². The normalized spacial score (nSPS) is 18.9. The quantitative estimate of drug-likeness (QED) is 0.411. The minimum absolute atomic E-state index is 0.00990. The summed E-state index contributed by atoms with van der Waals surface area (Å²) in [6, 6.07) is 5.47. The first-order chi connectivity index (χ1) is 16.9. The van der Waals surface area contributed by atoms with Gasteiger partial charge in [0.2, 0.25) is 5.91 Å². The number of ether oxygens (including phenoxy) is 3. The van der Waals surface area contributed by atoms with Gasteiger partial charge in [-0.2, -0.15) is 0 Å². The second-order valence-electron chi connectivity index (χ2n) is 8.45. The van der Waals surface area contributed by atoms with Crippen molar-refractivity contribution >= 4 is 41.0 Å². The predicted octanol–water partition coefficient (Wildman–Crippen LogP) is 4.48. The first kappa shape index (κ1) is 25.2. The van der Waals surface area contributed by atoms with Crippen LogP contribution in [0.3, 0.4) is 0 Å². The Kier molecular flexibility index (Phi) is 7.79. The summed E-state index contributed by atoms with van der Waals surface area (Å²) in [5.41, 5.74) is 3.21. The summed E-state index contributed by atoms with van der Waals surface area (Å²) in [4.78, 5) is 30.0. The number of rotatable bonds is 8. The number of halogens is 2. The van der Waals surface area contributed by atoms with Crippen LogP contribution in [0.25, 0.3) is 6.08 Å². The van der Waals surface area contributed by atoms with Gasteiger partial charge < -0.3 is 19.5 Å². The third kappa shape index (κ3) is 5.22. The fraction of sp³-hybridized carbons (Fsp3) is 0.346. The third-order valence-electron chi connectivity index (χ3n) is 6.31. The van der Waals surface area contributed by atoms with Gasteiger partial charge in [0.15, 0.2) is 5.78 Å². The minimum atomic E-state index is -0.301. The standard InChI is InChI=1S/C26H26Cl2N2O5/c1-4-22(31)30-18-7-8-35-13-16(18)10-17-6-5-14-9-15(11-19(14)29-17)26(32)23-24(27)20(33-2)12-21(34-3)25(23)28/h4-6,11-12,16,18H,1,7-10,13H2,2-3H3,(H,30,31). The molecule has 4 rings (SSSR count). The molecule has 2 aliphatic rings. The van der Waals surface area contributed by atoms with Gasteiger partial charge in [-0.25, -0.2) is 0 Å². The smallest absolute Gasteiger partial charge is 0.243 e. The van der Waals surface area contributed by atoms with E-state index >= 15 is 0 Å². The van der Waals surface area contributed by atoms with Crippen LogP contribution in [0.2, 0.25) is 10.0 Å². The fourth-order valence-corrected chi connectivity index (χ4v) is 5.12. The van der Waals surface area contributed by atoms with Crippen LogP contribution in [0.4, 0.5) is 0 Å². The summed E-state index contributed by atoms with van der Waals surface area (Å²) in [5, 5.41) is 3.27. The number of amides is 1. The summed E-state index contributed by atoms with van der Waals surface area (Å²) in [7, 11) is 2.92. The van der Waals surface area contributed by atoms with Crippen LogP contribution in [-0.2, 0) is 22.4 Å². The Labute approximate surface area is 214 Å². The number of pyridine rings is 1. The number of aromatic nitrogens is 1. The van der Waals surface area contributed by atoms with Crippen molar-refractivity contribution in [2.75, 3.05) is 27.4 Å². The number of nitrogens with one attached hydrogen (secondary N) is 1. The molecule has 2 unspecified atom stereocenters. The molecule has 1 saturated heterocycles. The predicted molar refractivity (Wildman–Crippen MR) is 135 cm³/mol. The van der Waals surface area contributed by atoms with Crippen LogP contribution in [0.5, 0.6) is 11.5 Å². The molecule has 1 aliphatic carbocycles. The number of allylic oxidation sites excluding steroid dienone is 1. The number of Topliss-reactive ketones (excluding diaryl/α,β-unsaturated/α-hetero) is 1. The molecule has 1 N–H and O–H groups in total. The van der Waals surface area contributed by atoms with Crippen LogP contribution in [0, 0.1) is 5.92 Å². The maximum absolute atomic E-state index is 13.4. The summed E-state index contributed by atoms with van der Waals surface area (Å²) < 4.78 is 16.2. The molecule has 9 heteroatoms. The Bertz CT molecular complexity index is 1180. The summed E-state index contributed by atoms with van der Waals surface area (Å²) in [5.74, 6) is 0.207. The lowest BCUT2D eigenvalue weighted by Crippen LogP contribution is -2.45. The highest BCUT2D eigenvalue weighted by molar-refractivity contribution is 6.43. The van der Waals surface area contributed by atoms with Crippen LogP contribution in [0.15, 0.2) is 36.4 Å². The van der Waals surface area contributed by atoms with Crippen LogP contribution >= 0.6 is 23.2 Å². The number of benzene rings is 1. The van der Waals surface area contributed by atoms with E-state index in [1.54, 1.807) is 12.1 Å². The molecule has 0 bridgehead atoms. The summed E-state index contributed by atoms with van der Waals surface area (Å²) in [6.45, 7) is 4.67. The zero-order chi connectivity index (χ0) is 25.1. The van der Waals surface area contributed by atoms with Gasteiger partial charge in [0, 0.05) is 42.3 Å². The van der Waals surface area contributed by atoms with Gasteiger partial charge in [0.1, 0.15) is 11.5 Å². The number of methoxy groups -OCH3 is 2. The number of hydrogen-bond acceptors (Lipinski definition) is 6. The number of carbonyl (C=O) groups is 2. The summed E-state index contributed by atoms with van der Waals surface area (Å²) in [6.07, 6.45) is 4.84. The van der Waals surface area contributed by atoms with Crippen molar-refractivity contribution in [2.24, 2.45) is 5.92 Å². The monoisotopic (exact) mass is 516 g/mol. The Balaban J connectivity index is 1.57. The van der Waals surface area contributed by atoms with Gasteiger partial charge in [0.25, 0.3) is 0 Å². The number of fused-ring (bicyclic) bond motifs is 1. The molecular weight excluding hydrogens is 491 g/mol. The average molecular weight is 517 g/mol. The molecule has 2 aromatic rings. The molecule has 1 aromatic carbocycles. The van der Waals surface area contributed by atoms with Crippen molar-refractivity contribution in [1.29, 1.82) is 0 Å². The van der Waals surface area contributed by atoms with Gasteiger partial charge in [0.05, 0.1) is 42.1 Å². The van der Waals surface area contributed by atoms with Gasteiger partial charge in [-0.05, 0) is 36.6 Å². The Morgan fingerprint density at radius 2 is 1.94 bits per heavy atom. The molecule has 2 heterocycles. The van der Waals surface area contributed by atoms with E-state index in [2.05, 4.69) is 11.9 Å². The number of nitrogens with zero attached hydrogens (tertiary/aromatic N) is 1. The third-order valence-corrected chi connectivity index (χ3v) is 7.06. The van der Waals surface area contributed by atoms with Crippen LogP contribution in [-0.4, -0.2) is 50.1 Å². The number of hydrogen-bond donors (Lipinski definition) is 1. The van der Waals surface area contributed by atoms with E-state index in [9.17, 15) is 9.59 Å². The fourth-order valence-electron chi connectivity index (χ4n) is 4.45. The minimum Gasteiger partial charge on any atom is -0.495 e. The first-order valence-corrected chi connectivity index (χ1v) is 12.0. The highest BCUT2D eigenvalue weighted by Crippen LogP contribution is 2.42. The van der Waals surface area contributed by atoms with Crippen molar-refractivity contribution in [2.45, 2.75) is 25.3 Å². The van der Waals surface area contributed by atoms with Crippen LogP contribution in [0.1, 0.15) is 33.7 Å². The first-order valence-electron chi connectivity index (χ1n) is 11.2. The lowest BCUT2D eigenvalue weighted by Gasteiger charge is -2.31. The molecule has 0 spiro atoms. The zero-order valence-corrected chi connectivity index (χ0v) is 21.0.